The highest BCUT2D eigenvalue weighted by molar-refractivity contribution is 5.68. The maximum Gasteiger partial charge on any atom is 0.408 e. The van der Waals surface area contributed by atoms with Crippen LogP contribution >= 0.6 is 0 Å². The maximum atomic E-state index is 11.5. The van der Waals surface area contributed by atoms with Crippen LogP contribution in [-0.2, 0) is 4.74 Å². The van der Waals surface area contributed by atoms with Crippen molar-refractivity contribution in [2.75, 3.05) is 13.2 Å². The van der Waals surface area contributed by atoms with Crippen molar-refractivity contribution in [1.29, 1.82) is 0 Å². The van der Waals surface area contributed by atoms with Crippen LogP contribution in [0.3, 0.4) is 0 Å². The van der Waals surface area contributed by atoms with E-state index >= 15 is 0 Å². The Morgan fingerprint density at radius 2 is 2.22 bits per heavy atom. The van der Waals surface area contributed by atoms with Gasteiger partial charge in [0.1, 0.15) is 17.5 Å². The third kappa shape index (κ3) is 5.04. The predicted molar refractivity (Wildman–Crippen MR) is 88.1 cm³/mol. The Labute approximate surface area is 136 Å². The molecule has 0 aliphatic carbocycles. The minimum absolute atomic E-state index is 0.0854. The lowest BCUT2D eigenvalue weighted by atomic mass is 10.1. The smallest absolute Gasteiger partial charge is 0.408 e. The van der Waals surface area contributed by atoms with Crippen LogP contribution in [0.4, 0.5) is 4.79 Å². The lowest BCUT2D eigenvalue weighted by molar-refractivity contribution is 0.0535. The van der Waals surface area contributed by atoms with Gasteiger partial charge in [0.2, 0.25) is 0 Å². The molecule has 1 aliphatic heterocycles. The van der Waals surface area contributed by atoms with Gasteiger partial charge in [0.15, 0.2) is 0 Å². The second-order valence-corrected chi connectivity index (χ2v) is 6.08. The number of ether oxygens (including phenoxy) is 2. The van der Waals surface area contributed by atoms with E-state index in [0.29, 0.717) is 5.75 Å². The van der Waals surface area contributed by atoms with E-state index in [1.807, 2.05) is 30.4 Å². The van der Waals surface area contributed by atoms with Crippen molar-refractivity contribution in [1.82, 2.24) is 5.32 Å². The molecule has 5 nitrogen and oxygen atoms in total. The van der Waals surface area contributed by atoms with E-state index in [-0.39, 0.29) is 19.3 Å². The standard InChI is InChI=1S/C18H21NO4/c1-18(2,3)23-17(21)19-11-5-8-13-6-4-7-14-9-10-15(12-20)22-16(13)14/h4,6-7,9-10,15,20H,11-12H2,1-3H3,(H,19,21)/t15-/m1/s1. The molecule has 1 amide bonds. The average Bonchev–Trinajstić information content (AvgIpc) is 2.49. The van der Waals surface area contributed by atoms with E-state index in [1.165, 1.54) is 0 Å². The first-order valence-corrected chi connectivity index (χ1v) is 7.43. The number of carbonyl (C=O) groups is 1. The normalized spacial score (nSPS) is 15.7. The first kappa shape index (κ1) is 16.9. The second-order valence-electron chi connectivity index (χ2n) is 6.08. The van der Waals surface area contributed by atoms with Crippen molar-refractivity contribution in [2.45, 2.75) is 32.5 Å². The van der Waals surface area contributed by atoms with Crippen LogP contribution in [0.25, 0.3) is 6.08 Å². The first-order chi connectivity index (χ1) is 10.9. The molecule has 1 aromatic rings. The molecule has 1 heterocycles. The van der Waals surface area contributed by atoms with Gasteiger partial charge in [-0.05, 0) is 32.9 Å². The fourth-order valence-electron chi connectivity index (χ4n) is 1.99. The summed E-state index contributed by atoms with van der Waals surface area (Å²) in [4.78, 5) is 11.5. The molecule has 0 unspecified atom stereocenters. The topological polar surface area (TPSA) is 67.8 Å². The lowest BCUT2D eigenvalue weighted by Gasteiger charge is -2.20. The summed E-state index contributed by atoms with van der Waals surface area (Å²) in [5, 5.41) is 11.8. The Morgan fingerprint density at radius 1 is 1.43 bits per heavy atom. The molecule has 5 heteroatoms. The van der Waals surface area contributed by atoms with Gasteiger partial charge in [-0.25, -0.2) is 4.79 Å². The number of hydrogen-bond acceptors (Lipinski definition) is 4. The quantitative estimate of drug-likeness (QED) is 0.822. The third-order valence-electron chi connectivity index (χ3n) is 2.93. The molecule has 1 atom stereocenters. The van der Waals surface area contributed by atoms with Gasteiger partial charge in [-0.2, -0.15) is 0 Å². The summed E-state index contributed by atoms with van der Waals surface area (Å²) in [6, 6.07) is 5.65. The molecule has 1 aromatic carbocycles. The van der Waals surface area contributed by atoms with Crippen molar-refractivity contribution in [3.05, 3.63) is 35.4 Å². The number of hydrogen-bond donors (Lipinski definition) is 2. The average molecular weight is 315 g/mol. The fourth-order valence-corrected chi connectivity index (χ4v) is 1.99. The Balaban J connectivity index is 2.00. The minimum atomic E-state index is -0.532. The number of aliphatic hydroxyl groups is 1. The van der Waals surface area contributed by atoms with Gasteiger partial charge in [0, 0.05) is 5.56 Å². The Morgan fingerprint density at radius 3 is 2.91 bits per heavy atom. The van der Waals surface area contributed by atoms with Crippen molar-refractivity contribution in [3.63, 3.8) is 0 Å². The van der Waals surface area contributed by atoms with Crippen molar-refractivity contribution >= 4 is 12.2 Å². The number of fused-ring (bicyclic) bond motifs is 1. The van der Waals surface area contributed by atoms with Gasteiger partial charge in [0.25, 0.3) is 0 Å². The lowest BCUT2D eigenvalue weighted by Crippen LogP contribution is -2.32. The Kier molecular flexibility index (Phi) is 5.30. The zero-order valence-electron chi connectivity index (χ0n) is 13.6. The van der Waals surface area contributed by atoms with Gasteiger partial charge >= 0.3 is 6.09 Å². The van der Waals surface area contributed by atoms with Crippen LogP contribution in [0.15, 0.2) is 24.3 Å². The highest BCUT2D eigenvalue weighted by atomic mass is 16.6. The molecular formula is C18H21NO4. The summed E-state index contributed by atoms with van der Waals surface area (Å²) < 4.78 is 10.8. The zero-order chi connectivity index (χ0) is 16.9. The monoisotopic (exact) mass is 315 g/mol. The van der Waals surface area contributed by atoms with Gasteiger partial charge in [-0.3, -0.25) is 0 Å². The van der Waals surface area contributed by atoms with E-state index in [9.17, 15) is 9.90 Å². The Bertz CT molecular complexity index is 662. The summed E-state index contributed by atoms with van der Waals surface area (Å²) in [7, 11) is 0. The van der Waals surface area contributed by atoms with E-state index in [1.54, 1.807) is 20.8 Å². The minimum Gasteiger partial charge on any atom is -0.482 e. The highest BCUT2D eigenvalue weighted by Crippen LogP contribution is 2.29. The molecule has 0 radical (unpaired) electrons. The van der Waals surface area contributed by atoms with E-state index in [2.05, 4.69) is 17.2 Å². The molecule has 0 saturated heterocycles. The summed E-state index contributed by atoms with van der Waals surface area (Å²) >= 11 is 0. The Hall–Kier alpha value is -2.45. The van der Waals surface area contributed by atoms with Crippen molar-refractivity contribution in [2.24, 2.45) is 0 Å². The number of carbonyl (C=O) groups excluding carboxylic acids is 1. The van der Waals surface area contributed by atoms with Crippen molar-refractivity contribution in [3.8, 4) is 17.6 Å². The number of amides is 1. The molecule has 23 heavy (non-hydrogen) atoms. The first-order valence-electron chi connectivity index (χ1n) is 7.43. The molecule has 0 spiro atoms. The third-order valence-corrected chi connectivity index (χ3v) is 2.93. The number of benzene rings is 1. The molecule has 0 fully saturated rings. The van der Waals surface area contributed by atoms with Gasteiger partial charge in [0.05, 0.1) is 18.7 Å². The molecule has 0 aromatic heterocycles. The molecular weight excluding hydrogens is 294 g/mol. The van der Waals surface area contributed by atoms with Gasteiger partial charge < -0.3 is 19.9 Å². The maximum absolute atomic E-state index is 11.5. The fraction of sp³-hybridized carbons (Fsp3) is 0.389. The number of nitrogens with one attached hydrogen (secondary N) is 1. The van der Waals surface area contributed by atoms with E-state index in [0.717, 1.165) is 11.1 Å². The number of aliphatic hydroxyl groups excluding tert-OH is 1. The second kappa shape index (κ2) is 7.21. The van der Waals surface area contributed by atoms with Crippen LogP contribution in [0, 0.1) is 11.8 Å². The molecule has 2 rings (SSSR count). The van der Waals surface area contributed by atoms with Gasteiger partial charge in [-0.1, -0.05) is 30.0 Å². The largest absolute Gasteiger partial charge is 0.482 e. The number of rotatable bonds is 2. The van der Waals surface area contributed by atoms with Crippen molar-refractivity contribution < 1.29 is 19.4 Å². The van der Waals surface area contributed by atoms with Crippen LogP contribution in [-0.4, -0.2) is 36.1 Å². The number of para-hydroxylation sites is 1. The molecule has 0 saturated carbocycles. The summed E-state index contributed by atoms with van der Waals surface area (Å²) in [5.41, 5.74) is 1.10. The molecule has 0 bridgehead atoms. The number of alkyl carbamates (subject to hydrolysis) is 1. The zero-order valence-corrected chi connectivity index (χ0v) is 13.6. The highest BCUT2D eigenvalue weighted by Gasteiger charge is 2.16. The van der Waals surface area contributed by atoms with Gasteiger partial charge in [-0.15, -0.1) is 0 Å². The summed E-state index contributed by atoms with van der Waals surface area (Å²) in [6.07, 6.45) is 2.86. The summed E-state index contributed by atoms with van der Waals surface area (Å²) in [5.74, 6) is 6.50. The predicted octanol–water partition coefficient (Wildman–Crippen LogP) is 2.33. The van der Waals surface area contributed by atoms with E-state index in [4.69, 9.17) is 9.47 Å². The van der Waals surface area contributed by atoms with Crippen LogP contribution in [0.5, 0.6) is 5.75 Å². The SMILES string of the molecule is CC(C)(C)OC(=O)NCC#Cc1cccc2c1O[C@@H](CO)C=C2. The summed E-state index contributed by atoms with van der Waals surface area (Å²) in [6.45, 7) is 5.50. The molecule has 122 valence electrons. The van der Waals surface area contributed by atoms with E-state index < -0.39 is 11.7 Å². The van der Waals surface area contributed by atoms with Crippen LogP contribution in [0.1, 0.15) is 31.9 Å². The van der Waals surface area contributed by atoms with Crippen LogP contribution in [0.2, 0.25) is 0 Å². The van der Waals surface area contributed by atoms with Crippen LogP contribution < -0.4 is 10.1 Å². The molecule has 1 aliphatic rings. The molecule has 2 N–H and O–H groups in total.